The van der Waals surface area contributed by atoms with Crippen molar-refractivity contribution in [3.8, 4) is 0 Å². The molecule has 1 aromatic rings. The summed E-state index contributed by atoms with van der Waals surface area (Å²) in [7, 11) is 1.38. The van der Waals surface area contributed by atoms with E-state index in [9.17, 15) is 9.59 Å². The summed E-state index contributed by atoms with van der Waals surface area (Å²) in [5.41, 5.74) is 5.50. The van der Waals surface area contributed by atoms with E-state index in [1.165, 1.54) is 18.2 Å². The zero-order valence-corrected chi connectivity index (χ0v) is 16.4. The highest BCUT2D eigenvalue weighted by atomic mass is 16.5. The van der Waals surface area contributed by atoms with E-state index in [0.717, 1.165) is 11.1 Å². The quantitative estimate of drug-likeness (QED) is 0.581. The second-order valence-corrected chi connectivity index (χ2v) is 8.42. The summed E-state index contributed by atoms with van der Waals surface area (Å²) in [5.74, 6) is 2.07. The van der Waals surface area contributed by atoms with Gasteiger partial charge in [0.05, 0.1) is 12.7 Å². The smallest absolute Gasteiger partial charge is 0.338 e. The van der Waals surface area contributed by atoms with E-state index in [-0.39, 0.29) is 16.8 Å². The van der Waals surface area contributed by atoms with Crippen molar-refractivity contribution in [3.05, 3.63) is 58.2 Å². The molecule has 0 saturated carbocycles. The Hall–Kier alpha value is -2.38. The van der Waals surface area contributed by atoms with Gasteiger partial charge in [-0.25, -0.2) is 9.59 Å². The van der Waals surface area contributed by atoms with Crippen LogP contribution in [0, 0.1) is 5.92 Å². The van der Waals surface area contributed by atoms with Crippen LogP contribution >= 0.6 is 0 Å². The molecule has 26 heavy (non-hydrogen) atoms. The van der Waals surface area contributed by atoms with Crippen molar-refractivity contribution >= 4 is 17.5 Å². The number of hydrogen-bond donors (Lipinski definition) is 0. The molecule has 1 unspecified atom stereocenters. The maximum absolute atomic E-state index is 12.2. The minimum absolute atomic E-state index is 0.0303. The van der Waals surface area contributed by atoms with Gasteiger partial charge >= 0.3 is 5.97 Å². The number of esters is 1. The van der Waals surface area contributed by atoms with Crippen molar-refractivity contribution < 1.29 is 14.3 Å². The summed E-state index contributed by atoms with van der Waals surface area (Å²) in [5, 5.41) is 0. The first kappa shape index (κ1) is 18.4. The molecule has 0 aliphatic heterocycles. The Morgan fingerprint density at radius 1 is 1.15 bits per heavy atom. The van der Waals surface area contributed by atoms with Gasteiger partial charge in [0, 0.05) is 12.0 Å². The van der Waals surface area contributed by atoms with Crippen molar-refractivity contribution in [1.29, 1.82) is 0 Å². The third-order valence-electron chi connectivity index (χ3n) is 6.56. The molecule has 0 heterocycles. The van der Waals surface area contributed by atoms with Crippen LogP contribution < -0.4 is 0 Å². The molecule has 0 radical (unpaired) electrons. The number of benzene rings is 1. The molecular weight excluding hydrogens is 324 g/mol. The van der Waals surface area contributed by atoms with Crippen LogP contribution in [0.5, 0.6) is 0 Å². The average molecular weight is 350 g/mol. The first-order chi connectivity index (χ1) is 12.1. The van der Waals surface area contributed by atoms with E-state index < -0.39 is 0 Å². The van der Waals surface area contributed by atoms with Crippen molar-refractivity contribution in [2.75, 3.05) is 7.11 Å². The molecule has 0 spiro atoms. The topological polar surface area (TPSA) is 43.4 Å². The lowest BCUT2D eigenvalue weighted by molar-refractivity contribution is -0.135. The van der Waals surface area contributed by atoms with Crippen LogP contribution in [0.2, 0.25) is 0 Å². The minimum Gasteiger partial charge on any atom is -0.465 e. The number of hydrogen-bond acceptors (Lipinski definition) is 3. The Labute approximate surface area is 155 Å². The molecule has 3 heteroatoms. The van der Waals surface area contributed by atoms with E-state index in [4.69, 9.17) is 4.74 Å². The standard InChI is InChI=1S/C23H26O3/c1-14-22(2,3)19-10-8-16(12-20(19)23(14,4)5)18-11-15(13-24)7-9-17(18)21(25)26-6/h8-12,14H,7H2,1-6H3. The first-order valence-corrected chi connectivity index (χ1v) is 9.04. The Morgan fingerprint density at radius 2 is 1.81 bits per heavy atom. The molecule has 0 aromatic heterocycles. The van der Waals surface area contributed by atoms with Crippen molar-refractivity contribution in [2.45, 2.75) is 51.9 Å². The van der Waals surface area contributed by atoms with Gasteiger partial charge in [0.1, 0.15) is 5.94 Å². The van der Waals surface area contributed by atoms with Crippen molar-refractivity contribution in [2.24, 2.45) is 5.92 Å². The number of carbonyl (C=O) groups excluding carboxylic acids is 2. The number of methoxy groups -OCH3 is 1. The average Bonchev–Trinajstić information content (AvgIpc) is 2.78. The lowest BCUT2D eigenvalue weighted by Gasteiger charge is -2.32. The second kappa shape index (κ2) is 6.10. The first-order valence-electron chi connectivity index (χ1n) is 9.04. The van der Waals surface area contributed by atoms with Crippen molar-refractivity contribution in [1.82, 2.24) is 0 Å². The molecule has 136 valence electrons. The Morgan fingerprint density at radius 3 is 2.42 bits per heavy atom. The molecule has 2 aliphatic carbocycles. The Balaban J connectivity index is 2.18. The fourth-order valence-electron chi connectivity index (χ4n) is 4.42. The zero-order valence-electron chi connectivity index (χ0n) is 16.4. The molecule has 1 atom stereocenters. The van der Waals surface area contributed by atoms with Gasteiger partial charge in [0.2, 0.25) is 0 Å². The van der Waals surface area contributed by atoms with Crippen LogP contribution in [-0.4, -0.2) is 19.0 Å². The molecule has 2 aliphatic rings. The van der Waals surface area contributed by atoms with E-state index in [1.54, 1.807) is 12.2 Å². The molecule has 3 nitrogen and oxygen atoms in total. The minimum atomic E-state index is -0.380. The summed E-state index contributed by atoms with van der Waals surface area (Å²) in [6.07, 6.45) is 3.92. The van der Waals surface area contributed by atoms with E-state index >= 15 is 0 Å². The number of rotatable bonds is 2. The fourth-order valence-corrected chi connectivity index (χ4v) is 4.42. The normalized spacial score (nSPS) is 22.8. The van der Waals surface area contributed by atoms with E-state index in [1.807, 2.05) is 12.0 Å². The maximum atomic E-state index is 12.2. The predicted molar refractivity (Wildman–Crippen MR) is 104 cm³/mol. The number of allylic oxidation sites excluding steroid dienone is 3. The van der Waals surface area contributed by atoms with Gasteiger partial charge < -0.3 is 4.74 Å². The third-order valence-corrected chi connectivity index (χ3v) is 6.56. The van der Waals surface area contributed by atoms with Gasteiger partial charge in [-0.15, -0.1) is 0 Å². The second-order valence-electron chi connectivity index (χ2n) is 8.42. The summed E-state index contributed by atoms with van der Waals surface area (Å²) in [6.45, 7) is 11.4. The summed E-state index contributed by atoms with van der Waals surface area (Å²) >= 11 is 0. The third kappa shape index (κ3) is 2.59. The monoisotopic (exact) mass is 350 g/mol. The summed E-state index contributed by atoms with van der Waals surface area (Å²) in [6, 6.07) is 6.40. The SMILES string of the molecule is COC(=O)C1=CCC(=C=O)C=C1c1ccc2c(c1)C(C)(C)C(C)C2(C)C. The molecular formula is C23H26O3. The van der Waals surface area contributed by atoms with Gasteiger partial charge in [0.25, 0.3) is 0 Å². The van der Waals surface area contributed by atoms with Crippen LogP contribution in [0.3, 0.4) is 0 Å². The van der Waals surface area contributed by atoms with Gasteiger partial charge in [-0.2, -0.15) is 0 Å². The van der Waals surface area contributed by atoms with Crippen LogP contribution in [0.4, 0.5) is 0 Å². The molecule has 1 aromatic carbocycles. The molecule has 0 fully saturated rings. The highest BCUT2D eigenvalue weighted by Crippen LogP contribution is 2.54. The molecule has 0 N–H and O–H groups in total. The number of ether oxygens (including phenoxy) is 1. The van der Waals surface area contributed by atoms with Crippen LogP contribution in [-0.2, 0) is 25.2 Å². The van der Waals surface area contributed by atoms with Gasteiger partial charge in [-0.1, -0.05) is 58.9 Å². The van der Waals surface area contributed by atoms with Crippen LogP contribution in [0.25, 0.3) is 5.57 Å². The Kier molecular flexibility index (Phi) is 4.32. The van der Waals surface area contributed by atoms with Crippen LogP contribution in [0.15, 0.2) is 41.5 Å². The lowest BCUT2D eigenvalue weighted by Crippen LogP contribution is -2.30. The van der Waals surface area contributed by atoms with E-state index in [0.29, 0.717) is 23.5 Å². The summed E-state index contributed by atoms with van der Waals surface area (Å²) in [4.78, 5) is 23.4. The molecule has 0 bridgehead atoms. The maximum Gasteiger partial charge on any atom is 0.338 e. The summed E-state index contributed by atoms with van der Waals surface area (Å²) < 4.78 is 4.94. The largest absolute Gasteiger partial charge is 0.465 e. The van der Waals surface area contributed by atoms with Crippen LogP contribution in [0.1, 0.15) is 57.7 Å². The van der Waals surface area contributed by atoms with Gasteiger partial charge in [-0.05, 0) is 45.1 Å². The zero-order chi connectivity index (χ0) is 19.3. The van der Waals surface area contributed by atoms with E-state index in [2.05, 4.69) is 46.8 Å². The fraction of sp³-hybridized carbons (Fsp3) is 0.435. The van der Waals surface area contributed by atoms with Gasteiger partial charge in [0.15, 0.2) is 0 Å². The highest BCUT2D eigenvalue weighted by Gasteiger charge is 2.48. The Bertz CT molecular complexity index is 890. The molecule has 0 saturated heterocycles. The molecule has 0 amide bonds. The predicted octanol–water partition coefficient (Wildman–Crippen LogP) is 4.54. The highest BCUT2D eigenvalue weighted by molar-refractivity contribution is 6.08. The van der Waals surface area contributed by atoms with Gasteiger partial charge in [-0.3, -0.25) is 0 Å². The number of carbonyl (C=O) groups is 1. The molecule has 3 rings (SSSR count). The van der Waals surface area contributed by atoms with Crippen molar-refractivity contribution in [3.63, 3.8) is 0 Å². The lowest BCUT2D eigenvalue weighted by atomic mass is 9.71. The number of fused-ring (bicyclic) bond motifs is 1.